The van der Waals surface area contributed by atoms with Crippen molar-refractivity contribution in [3.8, 4) is 0 Å². The highest BCUT2D eigenvalue weighted by Gasteiger charge is 2.14. The molecule has 0 aliphatic heterocycles. The van der Waals surface area contributed by atoms with E-state index in [1.54, 1.807) is 16.7 Å². The van der Waals surface area contributed by atoms with Crippen LogP contribution < -0.4 is 0 Å². The Morgan fingerprint density at radius 2 is 2.27 bits per heavy atom. The Morgan fingerprint density at radius 3 is 2.87 bits per heavy atom. The molecule has 15 heavy (non-hydrogen) atoms. The molecule has 0 N–H and O–H groups in total. The molecule has 0 aromatic carbocycles. The Kier molecular flexibility index (Phi) is 2.86. The Bertz CT molecular complexity index is 540. The van der Waals surface area contributed by atoms with E-state index in [0.717, 1.165) is 0 Å². The van der Waals surface area contributed by atoms with Crippen molar-refractivity contribution in [3.63, 3.8) is 0 Å². The van der Waals surface area contributed by atoms with Gasteiger partial charge in [0.05, 0.1) is 10.6 Å². The van der Waals surface area contributed by atoms with Gasteiger partial charge in [-0.25, -0.2) is 0 Å². The van der Waals surface area contributed by atoms with Crippen molar-refractivity contribution in [1.29, 1.82) is 0 Å². The van der Waals surface area contributed by atoms with E-state index in [2.05, 4.69) is 10.2 Å². The van der Waals surface area contributed by atoms with Crippen LogP contribution in [0.25, 0.3) is 5.65 Å². The van der Waals surface area contributed by atoms with Gasteiger partial charge in [-0.2, -0.15) is 0 Å². The number of hydrogen-bond donors (Lipinski definition) is 0. The normalized spacial score (nSPS) is 10.9. The standard InChI is InChI=1S/C8H5Cl2N3OS/c1-15-8-12-11-7-5(9)4(6(10)14)2-3-13(7)8/h2-3H,1H3. The molecule has 0 aliphatic rings. The smallest absolute Gasteiger partial charge is 0.254 e. The highest BCUT2D eigenvalue weighted by molar-refractivity contribution is 7.98. The number of thioether (sulfide) groups is 1. The van der Waals surface area contributed by atoms with E-state index in [1.165, 1.54) is 11.8 Å². The zero-order chi connectivity index (χ0) is 11.0. The maximum Gasteiger partial charge on any atom is 0.254 e. The molecule has 2 heterocycles. The fourth-order valence-electron chi connectivity index (χ4n) is 1.19. The third-order valence-corrected chi connectivity index (χ3v) is 3.10. The SMILES string of the molecule is CSc1nnc2c(Cl)c(C(=O)Cl)ccn12. The number of fused-ring (bicyclic) bond motifs is 1. The Balaban J connectivity index is 2.75. The third-order valence-electron chi connectivity index (χ3n) is 1.88. The zero-order valence-electron chi connectivity index (χ0n) is 7.57. The van der Waals surface area contributed by atoms with Crippen LogP contribution in [0.4, 0.5) is 0 Å². The van der Waals surface area contributed by atoms with Crippen molar-refractivity contribution in [2.75, 3.05) is 6.26 Å². The first-order valence-corrected chi connectivity index (χ1v) is 5.90. The first kappa shape index (κ1) is 10.7. The van der Waals surface area contributed by atoms with Gasteiger partial charge in [0, 0.05) is 6.20 Å². The van der Waals surface area contributed by atoms with Gasteiger partial charge in [0.15, 0.2) is 10.8 Å². The molecular formula is C8H5Cl2N3OS. The number of aromatic nitrogens is 3. The summed E-state index contributed by atoms with van der Waals surface area (Å²) in [5.74, 6) is 0. The molecule has 0 atom stereocenters. The van der Waals surface area contributed by atoms with E-state index in [1.807, 2.05) is 6.26 Å². The van der Waals surface area contributed by atoms with Crippen molar-refractivity contribution in [1.82, 2.24) is 14.6 Å². The maximum absolute atomic E-state index is 11.0. The van der Waals surface area contributed by atoms with E-state index in [0.29, 0.717) is 10.8 Å². The number of halogens is 2. The second-order valence-corrected chi connectivity index (χ2v) is 4.19. The molecule has 0 aliphatic carbocycles. The van der Waals surface area contributed by atoms with Crippen molar-refractivity contribution in [2.24, 2.45) is 0 Å². The zero-order valence-corrected chi connectivity index (χ0v) is 9.90. The van der Waals surface area contributed by atoms with E-state index in [9.17, 15) is 4.79 Å². The van der Waals surface area contributed by atoms with E-state index < -0.39 is 5.24 Å². The van der Waals surface area contributed by atoms with Gasteiger partial charge >= 0.3 is 0 Å². The Hall–Kier alpha value is -0.780. The molecule has 2 aromatic heterocycles. The molecule has 0 saturated heterocycles. The first-order chi connectivity index (χ1) is 7.15. The maximum atomic E-state index is 11.0. The second kappa shape index (κ2) is 4.00. The van der Waals surface area contributed by atoms with Gasteiger partial charge in [-0.05, 0) is 23.9 Å². The van der Waals surface area contributed by atoms with Gasteiger partial charge in [-0.1, -0.05) is 23.4 Å². The minimum Gasteiger partial charge on any atom is -0.276 e. The van der Waals surface area contributed by atoms with Crippen LogP contribution in [0.5, 0.6) is 0 Å². The lowest BCUT2D eigenvalue weighted by atomic mass is 10.3. The average Bonchev–Trinajstić information content (AvgIpc) is 2.61. The molecule has 4 nitrogen and oxygen atoms in total. The summed E-state index contributed by atoms with van der Waals surface area (Å²) in [5, 5.41) is 8.13. The highest BCUT2D eigenvalue weighted by Crippen LogP contribution is 2.24. The minimum atomic E-state index is -0.601. The van der Waals surface area contributed by atoms with Gasteiger partial charge in [0.1, 0.15) is 0 Å². The first-order valence-electron chi connectivity index (χ1n) is 3.92. The predicted molar refractivity (Wildman–Crippen MR) is 60.0 cm³/mol. The Morgan fingerprint density at radius 1 is 1.53 bits per heavy atom. The highest BCUT2D eigenvalue weighted by atomic mass is 35.5. The summed E-state index contributed by atoms with van der Waals surface area (Å²) in [6, 6.07) is 1.55. The molecular weight excluding hydrogens is 257 g/mol. The second-order valence-electron chi connectivity index (χ2n) is 2.70. The van der Waals surface area contributed by atoms with Crippen molar-refractivity contribution >= 4 is 45.9 Å². The number of rotatable bonds is 2. The summed E-state index contributed by atoms with van der Waals surface area (Å²) in [5.41, 5.74) is 0.679. The topological polar surface area (TPSA) is 47.3 Å². The van der Waals surface area contributed by atoms with Gasteiger partial charge in [-0.3, -0.25) is 9.20 Å². The minimum absolute atomic E-state index is 0.227. The fourth-order valence-corrected chi connectivity index (χ4v) is 2.14. The molecule has 0 radical (unpaired) electrons. The van der Waals surface area contributed by atoms with E-state index >= 15 is 0 Å². The number of carbonyl (C=O) groups excluding carboxylic acids is 1. The monoisotopic (exact) mass is 261 g/mol. The van der Waals surface area contributed by atoms with Crippen molar-refractivity contribution in [3.05, 3.63) is 22.8 Å². The molecule has 0 spiro atoms. The lowest BCUT2D eigenvalue weighted by Gasteiger charge is -2.00. The van der Waals surface area contributed by atoms with E-state index in [-0.39, 0.29) is 10.6 Å². The molecule has 0 bridgehead atoms. The molecule has 0 unspecified atom stereocenters. The van der Waals surface area contributed by atoms with Crippen LogP contribution in [0.15, 0.2) is 17.4 Å². The van der Waals surface area contributed by atoms with Gasteiger partial charge in [0.25, 0.3) is 5.24 Å². The van der Waals surface area contributed by atoms with Gasteiger partial charge in [-0.15, -0.1) is 10.2 Å². The predicted octanol–water partition coefficient (Wildman–Crippen LogP) is 2.48. The number of nitrogens with zero attached hydrogens (tertiary/aromatic N) is 3. The van der Waals surface area contributed by atoms with Crippen LogP contribution >= 0.6 is 35.0 Å². The molecule has 2 rings (SSSR count). The van der Waals surface area contributed by atoms with Crippen molar-refractivity contribution < 1.29 is 4.79 Å². The van der Waals surface area contributed by atoms with Crippen LogP contribution in [-0.2, 0) is 0 Å². The summed E-state index contributed by atoms with van der Waals surface area (Å²) in [4.78, 5) is 11.0. The number of pyridine rings is 1. The summed E-state index contributed by atoms with van der Waals surface area (Å²) in [6.45, 7) is 0. The molecule has 7 heteroatoms. The van der Waals surface area contributed by atoms with Crippen molar-refractivity contribution in [2.45, 2.75) is 5.16 Å². The molecule has 78 valence electrons. The number of carbonyl (C=O) groups is 1. The lowest BCUT2D eigenvalue weighted by Crippen LogP contribution is -1.95. The quantitative estimate of drug-likeness (QED) is 0.616. The largest absolute Gasteiger partial charge is 0.276 e. The molecule has 0 amide bonds. The number of hydrogen-bond acceptors (Lipinski definition) is 4. The van der Waals surface area contributed by atoms with Crippen LogP contribution in [0, 0.1) is 0 Å². The van der Waals surface area contributed by atoms with Crippen LogP contribution in [-0.4, -0.2) is 26.1 Å². The lowest BCUT2D eigenvalue weighted by molar-refractivity contribution is 0.108. The Labute approximate surface area is 99.6 Å². The van der Waals surface area contributed by atoms with Crippen LogP contribution in [0.3, 0.4) is 0 Å². The third kappa shape index (κ3) is 1.71. The summed E-state index contributed by atoms with van der Waals surface area (Å²) >= 11 is 12.8. The molecule has 0 fully saturated rings. The summed E-state index contributed by atoms with van der Waals surface area (Å²) < 4.78 is 1.70. The summed E-state index contributed by atoms with van der Waals surface area (Å²) in [6.07, 6.45) is 3.55. The van der Waals surface area contributed by atoms with Gasteiger partial charge < -0.3 is 0 Å². The average molecular weight is 262 g/mol. The molecule has 2 aromatic rings. The van der Waals surface area contributed by atoms with Crippen LogP contribution in [0.1, 0.15) is 10.4 Å². The summed E-state index contributed by atoms with van der Waals surface area (Å²) in [7, 11) is 0. The van der Waals surface area contributed by atoms with Crippen LogP contribution in [0.2, 0.25) is 5.02 Å². The van der Waals surface area contributed by atoms with Gasteiger partial charge in [0.2, 0.25) is 0 Å². The molecule has 0 saturated carbocycles. The fraction of sp³-hybridized carbons (Fsp3) is 0.125. The van der Waals surface area contributed by atoms with E-state index in [4.69, 9.17) is 23.2 Å².